The Bertz CT molecular complexity index is 1650. The molecule has 47 heavy (non-hydrogen) atoms. The number of Topliss-reactive ketones (excluding diaryl/α,β-unsaturated/α-hetero) is 1. The van der Waals surface area contributed by atoms with Crippen LogP contribution in [0.2, 0.25) is 5.02 Å². The van der Waals surface area contributed by atoms with Crippen molar-refractivity contribution < 1.29 is 32.2 Å². The number of halogens is 4. The first-order valence-electron chi connectivity index (χ1n) is 15.0. The summed E-state index contributed by atoms with van der Waals surface area (Å²) in [6.07, 6.45) is -4.19. The molecule has 1 atom stereocenters. The lowest BCUT2D eigenvalue weighted by Crippen LogP contribution is -2.26. The van der Waals surface area contributed by atoms with Crippen LogP contribution in [0.1, 0.15) is 72.3 Å². The number of allylic oxidation sites excluding steroid dienone is 1. The molecule has 5 nitrogen and oxygen atoms in total. The van der Waals surface area contributed by atoms with Crippen LogP contribution in [0.3, 0.4) is 0 Å². The van der Waals surface area contributed by atoms with Crippen molar-refractivity contribution in [1.82, 2.24) is 5.32 Å². The van der Waals surface area contributed by atoms with Crippen molar-refractivity contribution in [2.24, 2.45) is 0 Å². The van der Waals surface area contributed by atoms with E-state index in [1.807, 2.05) is 69.3 Å². The van der Waals surface area contributed by atoms with Crippen molar-refractivity contribution in [3.8, 4) is 11.5 Å². The van der Waals surface area contributed by atoms with Crippen LogP contribution in [0.15, 0.2) is 103 Å². The third-order valence-corrected chi connectivity index (χ3v) is 7.57. The van der Waals surface area contributed by atoms with Crippen LogP contribution in [0.4, 0.5) is 13.2 Å². The van der Waals surface area contributed by atoms with Gasteiger partial charge in [-0.2, -0.15) is 13.2 Å². The number of hydrogen-bond acceptors (Lipinski definition) is 4. The average Bonchev–Trinajstić information content (AvgIpc) is 3.04. The molecule has 0 aliphatic carbocycles. The monoisotopic (exact) mass is 665 g/mol. The molecule has 0 spiro atoms. The third kappa shape index (κ3) is 11.6. The van der Waals surface area contributed by atoms with E-state index in [4.69, 9.17) is 21.1 Å². The molecule has 0 fully saturated rings. The second kappa shape index (κ2) is 17.4. The number of methoxy groups -OCH3 is 1. The third-order valence-electron chi connectivity index (χ3n) is 7.32. The number of hydrogen-bond donors (Lipinski definition) is 1. The maximum atomic E-state index is 12.9. The van der Waals surface area contributed by atoms with Gasteiger partial charge in [0.2, 0.25) is 5.91 Å². The van der Waals surface area contributed by atoms with Crippen LogP contribution in [-0.4, -0.2) is 25.3 Å². The maximum Gasteiger partial charge on any atom is 0.416 e. The van der Waals surface area contributed by atoms with Gasteiger partial charge in [-0.3, -0.25) is 9.59 Å². The number of alkyl halides is 3. The Balaban J connectivity index is 0.000000511. The molecule has 248 valence electrons. The van der Waals surface area contributed by atoms with Gasteiger partial charge in [-0.1, -0.05) is 53.6 Å². The second-order valence-electron chi connectivity index (χ2n) is 11.1. The van der Waals surface area contributed by atoms with E-state index in [-0.39, 0.29) is 18.1 Å². The first-order valence-corrected chi connectivity index (χ1v) is 15.4. The highest BCUT2D eigenvalue weighted by atomic mass is 35.5. The zero-order chi connectivity index (χ0) is 34.6. The fourth-order valence-corrected chi connectivity index (χ4v) is 4.82. The van der Waals surface area contributed by atoms with Crippen LogP contribution in [0.5, 0.6) is 11.5 Å². The molecule has 0 aliphatic rings. The van der Waals surface area contributed by atoms with Gasteiger partial charge in [-0.15, -0.1) is 0 Å². The van der Waals surface area contributed by atoms with Gasteiger partial charge < -0.3 is 14.8 Å². The fourth-order valence-electron chi connectivity index (χ4n) is 4.69. The van der Waals surface area contributed by atoms with Crippen molar-refractivity contribution in [1.29, 1.82) is 0 Å². The van der Waals surface area contributed by atoms with Gasteiger partial charge >= 0.3 is 6.18 Å². The van der Waals surface area contributed by atoms with E-state index in [0.717, 1.165) is 45.7 Å². The van der Waals surface area contributed by atoms with E-state index in [0.29, 0.717) is 29.3 Å². The summed E-state index contributed by atoms with van der Waals surface area (Å²) < 4.78 is 50.1. The zero-order valence-electron chi connectivity index (χ0n) is 27.1. The molecule has 0 aliphatic heterocycles. The summed E-state index contributed by atoms with van der Waals surface area (Å²) in [7, 11) is 1.61. The van der Waals surface area contributed by atoms with Crippen molar-refractivity contribution in [3.05, 3.63) is 135 Å². The normalized spacial score (nSPS) is 11.4. The zero-order valence-corrected chi connectivity index (χ0v) is 27.8. The molecule has 4 rings (SSSR count). The van der Waals surface area contributed by atoms with Crippen LogP contribution in [0.25, 0.3) is 5.57 Å². The number of ether oxygens (including phenoxy) is 2. The second-order valence-corrected chi connectivity index (χ2v) is 11.5. The number of ketones is 1. The summed E-state index contributed by atoms with van der Waals surface area (Å²) in [4.78, 5) is 23.6. The van der Waals surface area contributed by atoms with Gasteiger partial charge in [-0.25, -0.2) is 0 Å². The summed E-state index contributed by atoms with van der Waals surface area (Å²) in [5.74, 6) is 0.996. The molecule has 4 aromatic rings. The van der Waals surface area contributed by atoms with Gasteiger partial charge in [0.25, 0.3) is 0 Å². The molecule has 0 saturated heterocycles. The van der Waals surface area contributed by atoms with Crippen molar-refractivity contribution in [2.45, 2.75) is 52.8 Å². The largest absolute Gasteiger partial charge is 0.497 e. The van der Waals surface area contributed by atoms with E-state index in [1.54, 1.807) is 31.4 Å². The van der Waals surface area contributed by atoms with Gasteiger partial charge in [-0.05, 0) is 111 Å². The van der Waals surface area contributed by atoms with Gasteiger partial charge in [0.15, 0.2) is 5.78 Å². The van der Waals surface area contributed by atoms with Crippen molar-refractivity contribution in [2.75, 3.05) is 13.7 Å². The highest BCUT2D eigenvalue weighted by Gasteiger charge is 2.30. The van der Waals surface area contributed by atoms with E-state index in [9.17, 15) is 22.8 Å². The van der Waals surface area contributed by atoms with Crippen molar-refractivity contribution >= 4 is 28.9 Å². The Hall–Kier alpha value is -4.56. The SMILES string of the molecule is CC(=O)c1ccc(Cl)cc1.COc1ccc(C)c(C(CC(=O)NCC[C@@H](Oc2ccc(C(F)(F)F)cc2)c2ccccc2)=C(C)C)c1. The Morgan fingerprint density at radius 2 is 1.47 bits per heavy atom. The Labute approximate surface area is 279 Å². The van der Waals surface area contributed by atoms with Gasteiger partial charge in [0.1, 0.15) is 17.6 Å². The minimum Gasteiger partial charge on any atom is -0.497 e. The minimum atomic E-state index is -4.41. The molecule has 0 bridgehead atoms. The van der Waals surface area contributed by atoms with E-state index >= 15 is 0 Å². The lowest BCUT2D eigenvalue weighted by molar-refractivity contribution is -0.137. The summed E-state index contributed by atoms with van der Waals surface area (Å²) in [6, 6.07) is 26.7. The van der Waals surface area contributed by atoms with E-state index < -0.39 is 17.8 Å². The number of aryl methyl sites for hydroxylation is 1. The fraction of sp³-hybridized carbons (Fsp3) is 0.263. The Kier molecular flexibility index (Phi) is 13.6. The number of benzene rings is 4. The quantitative estimate of drug-likeness (QED) is 0.162. The molecular formula is C38H39ClF3NO4. The summed E-state index contributed by atoms with van der Waals surface area (Å²) in [5.41, 5.74) is 4.85. The predicted octanol–water partition coefficient (Wildman–Crippen LogP) is 10.1. The molecule has 9 heteroatoms. The highest BCUT2D eigenvalue weighted by molar-refractivity contribution is 6.30. The predicted molar refractivity (Wildman–Crippen MR) is 181 cm³/mol. The molecule has 1 N–H and O–H groups in total. The number of rotatable bonds is 11. The summed E-state index contributed by atoms with van der Waals surface area (Å²) in [5, 5.41) is 3.63. The van der Waals surface area contributed by atoms with Crippen LogP contribution >= 0.6 is 11.6 Å². The molecule has 0 unspecified atom stereocenters. The Morgan fingerprint density at radius 1 is 0.851 bits per heavy atom. The molecule has 0 heterocycles. The molecule has 1 amide bonds. The molecule has 0 saturated carbocycles. The first-order chi connectivity index (χ1) is 22.3. The maximum absolute atomic E-state index is 12.9. The smallest absolute Gasteiger partial charge is 0.416 e. The average molecular weight is 666 g/mol. The highest BCUT2D eigenvalue weighted by Crippen LogP contribution is 2.32. The van der Waals surface area contributed by atoms with Gasteiger partial charge in [0.05, 0.1) is 19.1 Å². The van der Waals surface area contributed by atoms with E-state index in [2.05, 4.69) is 5.32 Å². The summed E-state index contributed by atoms with van der Waals surface area (Å²) in [6.45, 7) is 7.82. The number of amides is 1. The van der Waals surface area contributed by atoms with Crippen LogP contribution < -0.4 is 14.8 Å². The molecule has 0 radical (unpaired) electrons. The topological polar surface area (TPSA) is 64.6 Å². The van der Waals surface area contributed by atoms with Crippen molar-refractivity contribution in [3.63, 3.8) is 0 Å². The number of carbonyl (C=O) groups excluding carboxylic acids is 2. The standard InChI is InChI=1S/C30H32F3NO3.C8H7ClO/c1-20(2)26(27-18-25(36-4)13-10-21(27)3)19-29(35)34-17-16-28(22-8-6-5-7-9-22)37-24-14-11-23(12-15-24)30(31,32)33;1-6(10)7-2-4-8(9)5-3-7/h5-15,18,28H,16-17,19H2,1-4H3,(H,34,35);2-5H,1H3/t28-;/m1./s1. The number of nitrogens with one attached hydrogen (secondary N) is 1. The summed E-state index contributed by atoms with van der Waals surface area (Å²) >= 11 is 5.61. The lowest BCUT2D eigenvalue weighted by Gasteiger charge is -2.21. The first kappa shape index (κ1) is 36.9. The lowest BCUT2D eigenvalue weighted by atomic mass is 9.94. The number of carbonyl (C=O) groups is 2. The van der Waals surface area contributed by atoms with Crippen LogP contribution in [-0.2, 0) is 11.0 Å². The van der Waals surface area contributed by atoms with Gasteiger partial charge in [0, 0.05) is 23.6 Å². The molecular weight excluding hydrogens is 627 g/mol. The van der Waals surface area contributed by atoms with E-state index in [1.165, 1.54) is 19.1 Å². The minimum absolute atomic E-state index is 0.0664. The van der Waals surface area contributed by atoms with Crippen LogP contribution in [0, 0.1) is 6.92 Å². The molecule has 0 aromatic heterocycles. The molecule has 4 aromatic carbocycles. The Morgan fingerprint density at radius 3 is 2.02 bits per heavy atom.